The Kier molecular flexibility index (Phi) is 3.28. The molecular weight excluding hydrogens is 276 g/mol. The smallest absolute Gasteiger partial charge is 0.128 e. The van der Waals surface area contributed by atoms with Crippen LogP contribution in [0.2, 0.25) is 0 Å². The third-order valence-electron chi connectivity index (χ3n) is 2.78. The Morgan fingerprint density at radius 2 is 2.27 bits per heavy atom. The van der Waals surface area contributed by atoms with Gasteiger partial charge in [-0.25, -0.2) is 0 Å². The van der Waals surface area contributed by atoms with Crippen molar-refractivity contribution in [3.05, 3.63) is 22.8 Å². The summed E-state index contributed by atoms with van der Waals surface area (Å²) in [6.07, 6.45) is 0.302. The predicted molar refractivity (Wildman–Crippen MR) is 65.8 cm³/mol. The van der Waals surface area contributed by atoms with Crippen LogP contribution >= 0.6 is 25.0 Å². The van der Waals surface area contributed by atoms with Gasteiger partial charge in [0.25, 0.3) is 0 Å². The number of halogens is 1. The summed E-state index contributed by atoms with van der Waals surface area (Å²) in [7, 11) is 1.53. The molecule has 1 atom stereocenters. The highest BCUT2D eigenvalue weighted by atomic mass is 79.9. The van der Waals surface area contributed by atoms with Crippen molar-refractivity contribution >= 4 is 25.0 Å². The number of hydrogen-bond acceptors (Lipinski definition) is 3. The van der Waals surface area contributed by atoms with Gasteiger partial charge in [-0.15, -0.1) is 0 Å². The second-order valence-electron chi connectivity index (χ2n) is 3.79. The van der Waals surface area contributed by atoms with E-state index in [9.17, 15) is 5.11 Å². The molecule has 82 valence electrons. The second kappa shape index (κ2) is 4.36. The quantitative estimate of drug-likeness (QED) is 0.857. The highest BCUT2D eigenvalue weighted by molar-refractivity contribution is 9.50. The molecule has 0 saturated carbocycles. The zero-order valence-corrected chi connectivity index (χ0v) is 11.1. The molecule has 1 aliphatic heterocycles. The third-order valence-corrected chi connectivity index (χ3v) is 4.41. The Labute approximate surface area is 101 Å². The zero-order valence-electron chi connectivity index (χ0n) is 8.71. The first kappa shape index (κ1) is 11.3. The molecule has 0 bridgehead atoms. The third kappa shape index (κ3) is 1.90. The summed E-state index contributed by atoms with van der Waals surface area (Å²) >= 11 is 3.38. The SMILES string of the molecule is Cc1cc(SBr)c(C)c2c1OCCC2O. The van der Waals surface area contributed by atoms with E-state index in [1.165, 1.54) is 10.2 Å². The molecule has 0 spiro atoms. The molecule has 0 fully saturated rings. The summed E-state index contributed by atoms with van der Waals surface area (Å²) in [4.78, 5) is 1.15. The summed E-state index contributed by atoms with van der Waals surface area (Å²) in [5.41, 5.74) is 3.17. The Hall–Kier alpha value is -0.190. The zero-order chi connectivity index (χ0) is 11.0. The van der Waals surface area contributed by atoms with E-state index in [4.69, 9.17) is 4.74 Å². The molecule has 1 unspecified atom stereocenters. The van der Waals surface area contributed by atoms with Gasteiger partial charge in [-0.2, -0.15) is 0 Å². The van der Waals surface area contributed by atoms with Crippen molar-refractivity contribution in [2.45, 2.75) is 31.3 Å². The number of ether oxygens (including phenoxy) is 1. The van der Waals surface area contributed by atoms with E-state index in [1.807, 2.05) is 13.8 Å². The molecule has 15 heavy (non-hydrogen) atoms. The van der Waals surface area contributed by atoms with E-state index < -0.39 is 0 Å². The minimum Gasteiger partial charge on any atom is -0.493 e. The van der Waals surface area contributed by atoms with Crippen molar-refractivity contribution in [1.82, 2.24) is 0 Å². The van der Waals surface area contributed by atoms with E-state index in [0.717, 1.165) is 27.3 Å². The van der Waals surface area contributed by atoms with Crippen LogP contribution in [0.4, 0.5) is 0 Å². The number of hydrogen-bond donors (Lipinski definition) is 1. The fraction of sp³-hybridized carbons (Fsp3) is 0.455. The monoisotopic (exact) mass is 288 g/mol. The first-order chi connectivity index (χ1) is 7.15. The molecule has 0 amide bonds. The summed E-state index contributed by atoms with van der Waals surface area (Å²) in [5, 5.41) is 9.98. The van der Waals surface area contributed by atoms with Crippen LogP contribution in [0.5, 0.6) is 5.75 Å². The molecule has 2 rings (SSSR count). The maximum Gasteiger partial charge on any atom is 0.128 e. The van der Waals surface area contributed by atoms with Crippen LogP contribution in [0.1, 0.15) is 29.2 Å². The highest BCUT2D eigenvalue weighted by Crippen LogP contribution is 2.42. The average molecular weight is 289 g/mol. The van der Waals surface area contributed by atoms with E-state index in [2.05, 4.69) is 20.9 Å². The lowest BCUT2D eigenvalue weighted by Crippen LogP contribution is -2.16. The number of aryl methyl sites for hydroxylation is 1. The van der Waals surface area contributed by atoms with Gasteiger partial charge in [0.05, 0.1) is 12.7 Å². The Balaban J connectivity index is 2.64. The summed E-state index contributed by atoms with van der Waals surface area (Å²) in [6, 6.07) is 2.09. The number of rotatable bonds is 1. The van der Waals surface area contributed by atoms with Crippen molar-refractivity contribution in [1.29, 1.82) is 0 Å². The van der Waals surface area contributed by atoms with Gasteiger partial charge in [0.2, 0.25) is 0 Å². The van der Waals surface area contributed by atoms with Gasteiger partial charge in [-0.05, 0) is 56.0 Å². The number of aliphatic hydroxyl groups is 1. The maximum atomic E-state index is 9.98. The first-order valence-corrected chi connectivity index (χ1v) is 7.54. The standard InChI is InChI=1S/C11H13BrO2S/c1-6-5-9(15-12)7(2)10-8(13)3-4-14-11(6)10/h5,8,13H,3-4H2,1-2H3. The van der Waals surface area contributed by atoms with Gasteiger partial charge < -0.3 is 9.84 Å². The molecule has 0 saturated heterocycles. The van der Waals surface area contributed by atoms with Gasteiger partial charge in [0.15, 0.2) is 0 Å². The number of fused-ring (bicyclic) bond motifs is 1. The number of aliphatic hydroxyl groups excluding tert-OH is 1. The minimum absolute atomic E-state index is 0.382. The molecule has 0 aliphatic carbocycles. The van der Waals surface area contributed by atoms with E-state index in [1.54, 1.807) is 0 Å². The van der Waals surface area contributed by atoms with Crippen molar-refractivity contribution in [3.63, 3.8) is 0 Å². The van der Waals surface area contributed by atoms with Crippen LogP contribution < -0.4 is 4.74 Å². The Morgan fingerprint density at radius 3 is 2.93 bits per heavy atom. The van der Waals surface area contributed by atoms with E-state index in [0.29, 0.717) is 13.0 Å². The Bertz CT molecular complexity index is 393. The Morgan fingerprint density at radius 1 is 1.53 bits per heavy atom. The van der Waals surface area contributed by atoms with Crippen LogP contribution in [0.25, 0.3) is 0 Å². The van der Waals surface area contributed by atoms with E-state index >= 15 is 0 Å². The van der Waals surface area contributed by atoms with Crippen LogP contribution in [0.15, 0.2) is 11.0 Å². The molecular formula is C11H13BrO2S. The highest BCUT2D eigenvalue weighted by Gasteiger charge is 2.24. The summed E-state index contributed by atoms with van der Waals surface area (Å²) < 4.78 is 5.62. The molecule has 4 heteroatoms. The molecule has 1 heterocycles. The fourth-order valence-corrected chi connectivity index (χ4v) is 3.43. The lowest BCUT2D eigenvalue weighted by Gasteiger charge is -2.26. The number of benzene rings is 1. The minimum atomic E-state index is -0.382. The molecule has 1 aromatic carbocycles. The summed E-state index contributed by atoms with van der Waals surface area (Å²) in [5.74, 6) is 0.872. The molecule has 1 aliphatic rings. The molecule has 0 radical (unpaired) electrons. The van der Waals surface area contributed by atoms with Crippen LogP contribution in [0.3, 0.4) is 0 Å². The average Bonchev–Trinajstić information content (AvgIpc) is 2.23. The van der Waals surface area contributed by atoms with Crippen molar-refractivity contribution < 1.29 is 9.84 Å². The van der Waals surface area contributed by atoms with Crippen LogP contribution in [-0.4, -0.2) is 11.7 Å². The molecule has 1 aromatic rings. The lowest BCUT2D eigenvalue weighted by molar-refractivity contribution is 0.113. The van der Waals surface area contributed by atoms with Crippen LogP contribution in [-0.2, 0) is 0 Å². The lowest BCUT2D eigenvalue weighted by atomic mass is 9.95. The van der Waals surface area contributed by atoms with Crippen LogP contribution in [0, 0.1) is 13.8 Å². The fourth-order valence-electron chi connectivity index (χ4n) is 1.98. The first-order valence-electron chi connectivity index (χ1n) is 4.88. The topological polar surface area (TPSA) is 29.5 Å². The predicted octanol–water partition coefficient (Wildman–Crippen LogP) is 3.52. The second-order valence-corrected chi connectivity index (χ2v) is 5.35. The molecule has 0 aromatic heterocycles. The van der Waals surface area contributed by atoms with E-state index in [-0.39, 0.29) is 6.10 Å². The van der Waals surface area contributed by atoms with Crippen molar-refractivity contribution in [2.24, 2.45) is 0 Å². The normalized spacial score (nSPS) is 19.6. The van der Waals surface area contributed by atoms with Gasteiger partial charge in [0, 0.05) is 16.9 Å². The van der Waals surface area contributed by atoms with Gasteiger partial charge in [-0.3, -0.25) is 0 Å². The molecule has 1 N–H and O–H groups in total. The summed E-state index contributed by atoms with van der Waals surface area (Å²) in [6.45, 7) is 4.65. The van der Waals surface area contributed by atoms with Crippen molar-refractivity contribution in [3.8, 4) is 5.75 Å². The largest absolute Gasteiger partial charge is 0.493 e. The van der Waals surface area contributed by atoms with Gasteiger partial charge >= 0.3 is 0 Å². The maximum absolute atomic E-state index is 9.98. The van der Waals surface area contributed by atoms with Gasteiger partial charge in [0.1, 0.15) is 5.75 Å². The molecule has 2 nitrogen and oxygen atoms in total. The van der Waals surface area contributed by atoms with Gasteiger partial charge in [-0.1, -0.05) is 0 Å². The van der Waals surface area contributed by atoms with Crippen molar-refractivity contribution in [2.75, 3.05) is 6.61 Å².